The second-order valence-corrected chi connectivity index (χ2v) is 14.5. The molecule has 44 heavy (non-hydrogen) atoms. The number of ether oxygens (including phenoxy) is 4. The second-order valence-electron chi connectivity index (χ2n) is 14.5. The lowest BCUT2D eigenvalue weighted by atomic mass is 9.98. The SMILES string of the molecule is CC(C)(C)OC(=O)C[C@H](N)C(=O)N1CCCC[C@H]1CCOC1CCN(/C(=N/C(=O)OC(C)(C)C)NC(=O)OC(C)(C)C)CC1. The number of hydrogen-bond acceptors (Lipinski definition) is 9. The van der Waals surface area contributed by atoms with Crippen LogP contribution in [0.2, 0.25) is 0 Å². The van der Waals surface area contributed by atoms with Crippen LogP contribution < -0.4 is 11.1 Å². The van der Waals surface area contributed by atoms with E-state index in [1.54, 1.807) is 72.1 Å². The third-order valence-corrected chi connectivity index (χ3v) is 6.78. The number of likely N-dealkylation sites (tertiary alicyclic amines) is 2. The first-order valence-electron chi connectivity index (χ1n) is 15.7. The molecule has 2 atom stereocenters. The third-order valence-electron chi connectivity index (χ3n) is 6.78. The maximum atomic E-state index is 13.1. The van der Waals surface area contributed by atoms with Gasteiger partial charge >= 0.3 is 18.2 Å². The van der Waals surface area contributed by atoms with Crippen LogP contribution >= 0.6 is 0 Å². The van der Waals surface area contributed by atoms with Crippen molar-refractivity contribution in [1.82, 2.24) is 15.1 Å². The monoisotopic (exact) mass is 625 g/mol. The highest BCUT2D eigenvalue weighted by atomic mass is 16.6. The summed E-state index contributed by atoms with van der Waals surface area (Å²) in [4.78, 5) is 57.9. The number of nitrogens with zero attached hydrogens (tertiary/aromatic N) is 3. The Morgan fingerprint density at radius 1 is 0.841 bits per heavy atom. The molecule has 0 saturated carbocycles. The van der Waals surface area contributed by atoms with E-state index in [0.717, 1.165) is 19.3 Å². The van der Waals surface area contributed by atoms with Crippen LogP contribution in [-0.4, -0.2) is 101 Å². The van der Waals surface area contributed by atoms with Crippen LogP contribution in [-0.2, 0) is 28.5 Å². The normalized spacial score (nSPS) is 19.7. The number of alkyl carbamates (subject to hydrolysis) is 1. The molecule has 0 aromatic rings. The third kappa shape index (κ3) is 14.2. The number of nitrogens with one attached hydrogen (secondary N) is 1. The molecule has 0 aliphatic carbocycles. The van der Waals surface area contributed by atoms with Gasteiger partial charge in [0.1, 0.15) is 16.8 Å². The standard InChI is InChI=1S/C31H55N5O8/c1-29(2,3)42-24(37)20-23(32)25(38)36-16-11-10-12-21(36)15-19-41-22-13-17-35(18-14-22)26(33-27(39)43-30(4,5)6)34-28(40)44-31(7,8)9/h21-23H,10-20,32H2,1-9H3,(H,33,34,39,40)/t21-,23-/m0/s1. The highest BCUT2D eigenvalue weighted by Crippen LogP contribution is 2.23. The molecule has 3 N–H and O–H groups in total. The molecule has 0 aromatic carbocycles. The van der Waals surface area contributed by atoms with Gasteiger partial charge in [-0.2, -0.15) is 0 Å². The lowest BCUT2D eigenvalue weighted by Gasteiger charge is -2.38. The van der Waals surface area contributed by atoms with Gasteiger partial charge in [-0.05, 0) is 101 Å². The van der Waals surface area contributed by atoms with Crippen LogP contribution in [0.25, 0.3) is 0 Å². The van der Waals surface area contributed by atoms with Crippen molar-refractivity contribution >= 4 is 30.0 Å². The van der Waals surface area contributed by atoms with Crippen molar-refractivity contribution in [1.29, 1.82) is 0 Å². The first-order chi connectivity index (χ1) is 20.2. The fourth-order valence-corrected chi connectivity index (χ4v) is 5.00. The highest BCUT2D eigenvalue weighted by molar-refractivity contribution is 5.99. The average molecular weight is 626 g/mol. The van der Waals surface area contributed by atoms with Gasteiger partial charge in [0.05, 0.1) is 18.6 Å². The summed E-state index contributed by atoms with van der Waals surface area (Å²) in [6.45, 7) is 17.9. The Morgan fingerprint density at radius 3 is 2.00 bits per heavy atom. The zero-order valence-electron chi connectivity index (χ0n) is 28.2. The minimum atomic E-state index is -0.943. The van der Waals surface area contributed by atoms with Crippen LogP contribution in [0, 0.1) is 0 Å². The van der Waals surface area contributed by atoms with Crippen LogP contribution in [0.3, 0.4) is 0 Å². The van der Waals surface area contributed by atoms with Gasteiger partial charge in [0.25, 0.3) is 0 Å². The number of piperidine rings is 2. The van der Waals surface area contributed by atoms with E-state index in [0.29, 0.717) is 45.5 Å². The fraction of sp³-hybridized carbons (Fsp3) is 0.839. The molecular formula is C31H55N5O8. The van der Waals surface area contributed by atoms with Gasteiger partial charge in [-0.25, -0.2) is 9.59 Å². The lowest BCUT2D eigenvalue weighted by Crippen LogP contribution is -2.52. The van der Waals surface area contributed by atoms with Gasteiger partial charge in [-0.1, -0.05) is 0 Å². The molecule has 0 radical (unpaired) electrons. The zero-order valence-corrected chi connectivity index (χ0v) is 28.2. The van der Waals surface area contributed by atoms with Gasteiger partial charge in [-0.15, -0.1) is 4.99 Å². The molecular weight excluding hydrogens is 570 g/mol. The molecule has 2 saturated heterocycles. The summed E-state index contributed by atoms with van der Waals surface area (Å²) in [5.41, 5.74) is 4.04. The molecule has 2 aliphatic rings. The van der Waals surface area contributed by atoms with E-state index in [4.69, 9.17) is 24.7 Å². The molecule has 2 heterocycles. The largest absolute Gasteiger partial charge is 0.460 e. The predicted octanol–water partition coefficient (Wildman–Crippen LogP) is 4.11. The van der Waals surface area contributed by atoms with Crippen molar-refractivity contribution in [2.24, 2.45) is 10.7 Å². The Bertz CT molecular complexity index is 1020. The molecule has 0 spiro atoms. The molecule has 3 amide bonds. The van der Waals surface area contributed by atoms with E-state index in [9.17, 15) is 19.2 Å². The number of guanidine groups is 1. The molecule has 252 valence electrons. The van der Waals surface area contributed by atoms with Gasteiger partial charge in [-0.3, -0.25) is 14.9 Å². The predicted molar refractivity (Wildman–Crippen MR) is 166 cm³/mol. The quantitative estimate of drug-likeness (QED) is 0.182. The van der Waals surface area contributed by atoms with Crippen molar-refractivity contribution in [3.05, 3.63) is 0 Å². The van der Waals surface area contributed by atoms with Crippen molar-refractivity contribution in [2.45, 2.75) is 142 Å². The summed E-state index contributed by atoms with van der Waals surface area (Å²) in [5.74, 6) is -0.642. The lowest BCUT2D eigenvalue weighted by molar-refractivity contribution is -0.157. The minimum Gasteiger partial charge on any atom is -0.460 e. The first-order valence-corrected chi connectivity index (χ1v) is 15.7. The van der Waals surface area contributed by atoms with E-state index >= 15 is 0 Å². The Hall–Kier alpha value is -2.93. The van der Waals surface area contributed by atoms with Crippen molar-refractivity contribution in [3.8, 4) is 0 Å². The average Bonchev–Trinajstić information content (AvgIpc) is 2.85. The second kappa shape index (κ2) is 15.9. The van der Waals surface area contributed by atoms with E-state index in [1.807, 2.05) is 0 Å². The van der Waals surface area contributed by atoms with Gasteiger partial charge < -0.3 is 34.5 Å². The molecule has 0 aromatic heterocycles. The Balaban J connectivity index is 1.92. The number of esters is 1. The summed E-state index contributed by atoms with van der Waals surface area (Å²) in [7, 11) is 0. The number of carbonyl (C=O) groups is 4. The number of carbonyl (C=O) groups excluding carboxylic acids is 4. The summed E-state index contributed by atoms with van der Waals surface area (Å²) >= 11 is 0. The fourth-order valence-electron chi connectivity index (χ4n) is 5.00. The van der Waals surface area contributed by atoms with E-state index < -0.39 is 41.0 Å². The summed E-state index contributed by atoms with van der Waals surface area (Å²) in [5, 5.41) is 2.60. The van der Waals surface area contributed by atoms with E-state index in [1.165, 1.54) is 0 Å². The number of nitrogens with two attached hydrogens (primary N) is 1. The number of rotatable bonds is 7. The molecule has 2 fully saturated rings. The molecule has 0 unspecified atom stereocenters. The Morgan fingerprint density at radius 2 is 1.43 bits per heavy atom. The maximum absolute atomic E-state index is 13.1. The minimum absolute atomic E-state index is 0.00776. The van der Waals surface area contributed by atoms with E-state index in [-0.39, 0.29) is 30.4 Å². The zero-order chi connectivity index (χ0) is 33.3. The van der Waals surface area contributed by atoms with Crippen molar-refractivity contribution in [2.75, 3.05) is 26.2 Å². The summed E-state index contributed by atoms with van der Waals surface area (Å²) < 4.78 is 22.2. The molecule has 13 heteroatoms. The van der Waals surface area contributed by atoms with Crippen LogP contribution in [0.15, 0.2) is 4.99 Å². The number of hydrogen-bond donors (Lipinski definition) is 2. The van der Waals surface area contributed by atoms with Gasteiger partial charge in [0.15, 0.2) is 0 Å². The van der Waals surface area contributed by atoms with Gasteiger partial charge in [0.2, 0.25) is 11.9 Å². The van der Waals surface area contributed by atoms with Crippen molar-refractivity contribution < 1.29 is 38.1 Å². The maximum Gasteiger partial charge on any atom is 0.437 e. The highest BCUT2D eigenvalue weighted by Gasteiger charge is 2.33. The van der Waals surface area contributed by atoms with Gasteiger partial charge in [0, 0.05) is 32.3 Å². The van der Waals surface area contributed by atoms with Crippen LogP contribution in [0.1, 0.15) is 107 Å². The molecule has 2 rings (SSSR count). The Labute approximate surface area is 262 Å². The Kier molecular flexibility index (Phi) is 13.4. The first kappa shape index (κ1) is 37.3. The summed E-state index contributed by atoms with van der Waals surface area (Å²) in [6.07, 6.45) is 3.02. The molecule has 0 bridgehead atoms. The van der Waals surface area contributed by atoms with Crippen LogP contribution in [0.4, 0.5) is 9.59 Å². The number of aliphatic imine (C=N–C) groups is 1. The smallest absolute Gasteiger partial charge is 0.437 e. The van der Waals surface area contributed by atoms with Crippen molar-refractivity contribution in [3.63, 3.8) is 0 Å². The molecule has 2 aliphatic heterocycles. The topological polar surface area (TPSA) is 162 Å². The molecule has 13 nitrogen and oxygen atoms in total. The summed E-state index contributed by atoms with van der Waals surface area (Å²) in [6, 6.07) is -0.951. The number of amides is 3. The van der Waals surface area contributed by atoms with E-state index in [2.05, 4.69) is 10.3 Å². The van der Waals surface area contributed by atoms with Crippen LogP contribution in [0.5, 0.6) is 0 Å².